The molecule has 2 fully saturated rings. The zero-order valence-corrected chi connectivity index (χ0v) is 22.7. The van der Waals surface area contributed by atoms with Gasteiger partial charge in [0.1, 0.15) is 17.1 Å². The molecular weight excluding hydrogens is 520 g/mol. The van der Waals surface area contributed by atoms with Crippen LogP contribution in [0.4, 0.5) is 0 Å². The van der Waals surface area contributed by atoms with Crippen molar-refractivity contribution in [1.82, 2.24) is 9.47 Å². The van der Waals surface area contributed by atoms with Crippen LogP contribution in [0.5, 0.6) is 11.5 Å². The van der Waals surface area contributed by atoms with E-state index in [4.69, 9.17) is 9.47 Å². The van der Waals surface area contributed by atoms with Gasteiger partial charge in [-0.1, -0.05) is 24.3 Å². The molecule has 1 spiro atoms. The lowest BCUT2D eigenvalue weighted by Gasteiger charge is -2.44. The number of Topliss-reactive ketones (excluding diaryl/α,β-unsaturated/α-hetero) is 1. The molecule has 208 valence electrons. The summed E-state index contributed by atoms with van der Waals surface area (Å²) in [5.41, 5.74) is 2.97. The molecular formula is C33H29N2O6-. The third-order valence-electron chi connectivity index (χ3n) is 8.69. The van der Waals surface area contributed by atoms with Gasteiger partial charge in [-0.15, -0.1) is 0 Å². The minimum atomic E-state index is -1.25. The number of benzene rings is 3. The lowest BCUT2D eigenvalue weighted by molar-refractivity contribution is -0.255. The molecule has 1 saturated carbocycles. The van der Waals surface area contributed by atoms with E-state index in [0.29, 0.717) is 60.2 Å². The number of amides is 1. The molecule has 0 atom stereocenters. The number of ether oxygens (including phenoxy) is 2. The first-order valence-corrected chi connectivity index (χ1v) is 14.0. The van der Waals surface area contributed by atoms with Crippen molar-refractivity contribution in [3.8, 4) is 22.6 Å². The third kappa shape index (κ3) is 4.43. The van der Waals surface area contributed by atoms with E-state index in [-0.39, 0.29) is 23.7 Å². The number of rotatable bonds is 5. The number of aromatic carboxylic acids is 1. The number of carbonyl (C=O) groups is 3. The molecule has 0 bridgehead atoms. The summed E-state index contributed by atoms with van der Waals surface area (Å²) in [6, 6.07) is 18.2. The van der Waals surface area contributed by atoms with Crippen LogP contribution in [0, 0.1) is 0 Å². The zero-order chi connectivity index (χ0) is 28.3. The molecule has 0 radical (unpaired) electrons. The molecule has 2 aliphatic heterocycles. The van der Waals surface area contributed by atoms with E-state index >= 15 is 0 Å². The van der Waals surface area contributed by atoms with Gasteiger partial charge < -0.3 is 28.8 Å². The summed E-state index contributed by atoms with van der Waals surface area (Å²) in [5.74, 6) is -0.0859. The van der Waals surface area contributed by atoms with Gasteiger partial charge in [0.25, 0.3) is 5.91 Å². The minimum Gasteiger partial charge on any atom is -0.545 e. The fourth-order valence-electron chi connectivity index (χ4n) is 6.27. The molecule has 0 unspecified atom stereocenters. The number of piperidine rings is 1. The monoisotopic (exact) mass is 549 g/mol. The summed E-state index contributed by atoms with van der Waals surface area (Å²) in [5, 5.41) is 12.3. The maximum Gasteiger partial charge on any atom is 0.254 e. The quantitative estimate of drug-likeness (QED) is 0.359. The normalized spacial score (nSPS) is 17.8. The van der Waals surface area contributed by atoms with E-state index in [9.17, 15) is 19.5 Å². The van der Waals surface area contributed by atoms with Crippen molar-refractivity contribution in [2.24, 2.45) is 0 Å². The van der Waals surface area contributed by atoms with Crippen molar-refractivity contribution in [2.45, 2.75) is 43.7 Å². The van der Waals surface area contributed by atoms with Crippen LogP contribution in [0.1, 0.15) is 69.2 Å². The maximum atomic E-state index is 13.6. The lowest BCUT2D eigenvalue weighted by atomic mass is 9.82. The first kappa shape index (κ1) is 25.4. The Bertz CT molecular complexity index is 1730. The average molecular weight is 550 g/mol. The number of methoxy groups -OCH3 is 1. The van der Waals surface area contributed by atoms with Crippen LogP contribution in [-0.2, 0) is 0 Å². The van der Waals surface area contributed by atoms with Crippen molar-refractivity contribution in [1.29, 1.82) is 0 Å². The van der Waals surface area contributed by atoms with E-state index in [1.165, 1.54) is 12.1 Å². The first-order chi connectivity index (χ1) is 19.8. The number of hydrogen-bond acceptors (Lipinski definition) is 6. The Morgan fingerprint density at radius 2 is 1.76 bits per heavy atom. The molecule has 1 saturated heterocycles. The molecule has 3 heterocycles. The number of likely N-dealkylation sites (tertiary alicyclic amines) is 1. The Morgan fingerprint density at radius 3 is 2.49 bits per heavy atom. The highest BCUT2D eigenvalue weighted by molar-refractivity contribution is 6.02. The van der Waals surface area contributed by atoms with Crippen LogP contribution in [-0.4, -0.2) is 52.9 Å². The van der Waals surface area contributed by atoms with Crippen LogP contribution in [0.2, 0.25) is 0 Å². The summed E-state index contributed by atoms with van der Waals surface area (Å²) < 4.78 is 14.3. The van der Waals surface area contributed by atoms with Gasteiger partial charge >= 0.3 is 0 Å². The van der Waals surface area contributed by atoms with Crippen molar-refractivity contribution < 1.29 is 29.0 Å². The number of carbonyl (C=O) groups excluding carboxylic acids is 3. The van der Waals surface area contributed by atoms with Crippen LogP contribution in [0.3, 0.4) is 0 Å². The smallest absolute Gasteiger partial charge is 0.254 e. The van der Waals surface area contributed by atoms with Crippen LogP contribution in [0.25, 0.3) is 22.0 Å². The Balaban J connectivity index is 1.09. The van der Waals surface area contributed by atoms with E-state index in [2.05, 4.69) is 10.8 Å². The van der Waals surface area contributed by atoms with Crippen LogP contribution < -0.4 is 14.6 Å². The average Bonchev–Trinajstić information content (AvgIpc) is 3.74. The number of ketones is 1. The van der Waals surface area contributed by atoms with E-state index < -0.39 is 11.6 Å². The number of carboxylic acid groups (broad SMARTS) is 1. The highest BCUT2D eigenvalue weighted by atomic mass is 16.5. The molecule has 4 aromatic rings. The standard InChI is InChI=1S/C33H30N2O6/c1-40-30-18-23(17-27-25(30)9-12-35(27)24-6-7-24)31(37)34-13-10-33(11-14-34)19-28(36)26-16-21(5-8-29(26)41-33)20-3-2-4-22(15-20)32(38)39/h2-5,8-9,12,15-18,24H,6-7,10-11,13-14,19H2,1H3,(H,38,39)/p-1. The van der Waals surface area contributed by atoms with Gasteiger partial charge in [-0.3, -0.25) is 9.59 Å². The molecule has 1 amide bonds. The fraction of sp³-hybridized carbons (Fsp3) is 0.303. The van der Waals surface area contributed by atoms with Gasteiger partial charge in [-0.25, -0.2) is 0 Å². The Hall–Kier alpha value is -4.59. The van der Waals surface area contributed by atoms with Gasteiger partial charge in [0, 0.05) is 49.1 Å². The largest absolute Gasteiger partial charge is 0.545 e. The number of carboxylic acids is 1. The van der Waals surface area contributed by atoms with E-state index in [0.717, 1.165) is 29.3 Å². The second-order valence-electron chi connectivity index (χ2n) is 11.3. The van der Waals surface area contributed by atoms with Gasteiger partial charge in [0.05, 0.1) is 30.6 Å². The molecule has 8 heteroatoms. The first-order valence-electron chi connectivity index (χ1n) is 14.0. The highest BCUT2D eigenvalue weighted by Crippen LogP contribution is 2.42. The number of aromatic nitrogens is 1. The van der Waals surface area contributed by atoms with Gasteiger partial charge in [-0.05, 0) is 65.9 Å². The summed E-state index contributed by atoms with van der Waals surface area (Å²) in [6.45, 7) is 0.971. The molecule has 7 rings (SSSR count). The molecule has 8 nitrogen and oxygen atoms in total. The third-order valence-corrected chi connectivity index (χ3v) is 8.69. The van der Waals surface area contributed by atoms with Crippen molar-refractivity contribution in [2.75, 3.05) is 20.2 Å². The topological polar surface area (TPSA) is 101 Å². The predicted octanol–water partition coefficient (Wildman–Crippen LogP) is 4.66. The van der Waals surface area contributed by atoms with Gasteiger partial charge in [-0.2, -0.15) is 0 Å². The second-order valence-corrected chi connectivity index (χ2v) is 11.3. The van der Waals surface area contributed by atoms with E-state index in [1.54, 1.807) is 31.4 Å². The van der Waals surface area contributed by atoms with Crippen molar-refractivity contribution in [3.05, 3.63) is 83.6 Å². The fourth-order valence-corrected chi connectivity index (χ4v) is 6.27. The molecule has 1 aliphatic carbocycles. The van der Waals surface area contributed by atoms with Crippen molar-refractivity contribution in [3.63, 3.8) is 0 Å². The summed E-state index contributed by atoms with van der Waals surface area (Å²) in [4.78, 5) is 40.1. The Morgan fingerprint density at radius 1 is 0.976 bits per heavy atom. The SMILES string of the molecule is COc1cc(C(=O)N2CCC3(CC2)CC(=O)c2cc(-c4cccc(C(=O)[O-])c4)ccc2O3)cc2c1ccn2C1CC1. The molecule has 0 N–H and O–H groups in total. The predicted molar refractivity (Wildman–Crippen MR) is 150 cm³/mol. The van der Waals surface area contributed by atoms with Crippen LogP contribution in [0.15, 0.2) is 66.9 Å². The van der Waals surface area contributed by atoms with Gasteiger partial charge in [0.2, 0.25) is 0 Å². The molecule has 41 heavy (non-hydrogen) atoms. The summed E-state index contributed by atoms with van der Waals surface area (Å²) in [6.07, 6.45) is 5.72. The molecule has 3 aromatic carbocycles. The van der Waals surface area contributed by atoms with Gasteiger partial charge in [0.15, 0.2) is 5.78 Å². The number of fused-ring (bicyclic) bond motifs is 2. The maximum absolute atomic E-state index is 13.6. The highest BCUT2D eigenvalue weighted by Gasteiger charge is 2.44. The lowest BCUT2D eigenvalue weighted by Crippen LogP contribution is -2.52. The summed E-state index contributed by atoms with van der Waals surface area (Å²) >= 11 is 0. The minimum absolute atomic E-state index is 0.0139. The van der Waals surface area contributed by atoms with Crippen molar-refractivity contribution >= 4 is 28.6 Å². The Labute approximate surface area is 237 Å². The number of nitrogens with zero attached hydrogens (tertiary/aromatic N) is 2. The van der Waals surface area contributed by atoms with Crippen LogP contribution >= 0.6 is 0 Å². The zero-order valence-electron chi connectivity index (χ0n) is 22.7. The molecule has 3 aliphatic rings. The molecule has 1 aromatic heterocycles. The number of hydrogen-bond donors (Lipinski definition) is 0. The second kappa shape index (κ2) is 9.51. The Kier molecular flexibility index (Phi) is 5.89. The van der Waals surface area contributed by atoms with E-state index in [1.807, 2.05) is 29.2 Å². The summed E-state index contributed by atoms with van der Waals surface area (Å²) in [7, 11) is 1.63.